The molecule has 1 N–H and O–H groups in total. The van der Waals surface area contributed by atoms with E-state index in [4.69, 9.17) is 11.6 Å². The summed E-state index contributed by atoms with van der Waals surface area (Å²) in [5, 5.41) is 0.850. The first-order valence-electron chi connectivity index (χ1n) is 6.26. The average molecular weight is 256 g/mol. The van der Waals surface area contributed by atoms with Gasteiger partial charge in [0, 0.05) is 50.2 Å². The van der Waals surface area contributed by atoms with Gasteiger partial charge in [-0.25, -0.2) is 0 Å². The van der Waals surface area contributed by atoms with Gasteiger partial charge in [-0.3, -0.25) is 9.80 Å². The van der Waals surface area contributed by atoms with Crippen LogP contribution in [-0.2, 0) is 6.54 Å². The number of aromatic amines is 1. The molecule has 2 rings (SSSR count). The summed E-state index contributed by atoms with van der Waals surface area (Å²) in [5.41, 5.74) is 1.42. The Labute approximate surface area is 109 Å². The third kappa shape index (κ3) is 3.24. The number of halogens is 1. The molecule has 1 aliphatic heterocycles. The number of nitrogens with zero attached hydrogens (tertiary/aromatic N) is 2. The minimum Gasteiger partial charge on any atom is -0.363 e. The zero-order chi connectivity index (χ0) is 12.5. The van der Waals surface area contributed by atoms with Gasteiger partial charge in [-0.1, -0.05) is 11.6 Å². The minimum atomic E-state index is 0.288. The molecule has 0 aliphatic carbocycles. The summed E-state index contributed by atoms with van der Waals surface area (Å²) in [4.78, 5) is 8.21. The van der Waals surface area contributed by atoms with E-state index in [0.717, 1.165) is 43.4 Å². The lowest BCUT2D eigenvalue weighted by atomic mass is 10.0. The third-order valence-electron chi connectivity index (χ3n) is 3.48. The molecule has 0 saturated carbocycles. The molecule has 96 valence electrons. The predicted molar refractivity (Wildman–Crippen MR) is 72.4 cm³/mol. The lowest BCUT2D eigenvalue weighted by Crippen LogP contribution is -2.53. The molecule has 17 heavy (non-hydrogen) atoms. The predicted octanol–water partition coefficient (Wildman–Crippen LogP) is 2.58. The Morgan fingerprint density at radius 1 is 1.24 bits per heavy atom. The van der Waals surface area contributed by atoms with E-state index in [1.807, 2.05) is 12.3 Å². The van der Waals surface area contributed by atoms with Gasteiger partial charge in [0.1, 0.15) is 0 Å². The summed E-state index contributed by atoms with van der Waals surface area (Å²) in [6, 6.07) is 1.92. The molecular formula is C13H22ClN3. The van der Waals surface area contributed by atoms with Crippen LogP contribution >= 0.6 is 11.6 Å². The molecule has 0 aromatic carbocycles. The van der Waals surface area contributed by atoms with Crippen molar-refractivity contribution in [3.8, 4) is 0 Å². The Kier molecular flexibility index (Phi) is 3.81. The summed E-state index contributed by atoms with van der Waals surface area (Å²) in [7, 11) is 0. The van der Waals surface area contributed by atoms with Crippen LogP contribution in [0.15, 0.2) is 12.3 Å². The lowest BCUT2D eigenvalue weighted by molar-refractivity contribution is 0.0586. The number of hydrogen-bond donors (Lipinski definition) is 1. The molecular weight excluding hydrogens is 234 g/mol. The summed E-state index contributed by atoms with van der Waals surface area (Å²) in [6.45, 7) is 12.3. The molecule has 1 aromatic rings. The van der Waals surface area contributed by atoms with Crippen molar-refractivity contribution < 1.29 is 0 Å². The molecule has 2 heterocycles. The van der Waals surface area contributed by atoms with E-state index < -0.39 is 0 Å². The molecule has 1 saturated heterocycles. The van der Waals surface area contributed by atoms with Crippen LogP contribution in [0.4, 0.5) is 0 Å². The second-order valence-corrected chi connectivity index (χ2v) is 6.15. The number of nitrogens with one attached hydrogen (secondary N) is 1. The van der Waals surface area contributed by atoms with Crippen molar-refractivity contribution in [3.63, 3.8) is 0 Å². The Morgan fingerprint density at radius 3 is 2.35 bits per heavy atom. The van der Waals surface area contributed by atoms with Crippen LogP contribution in [0.2, 0.25) is 5.02 Å². The van der Waals surface area contributed by atoms with E-state index >= 15 is 0 Å². The maximum Gasteiger partial charge on any atom is 0.0626 e. The van der Waals surface area contributed by atoms with Crippen LogP contribution in [0.1, 0.15) is 26.5 Å². The van der Waals surface area contributed by atoms with E-state index in [0.29, 0.717) is 0 Å². The van der Waals surface area contributed by atoms with E-state index in [-0.39, 0.29) is 5.54 Å². The van der Waals surface area contributed by atoms with Gasteiger partial charge >= 0.3 is 0 Å². The SMILES string of the molecule is CC(C)(C)N1CCN(Cc2[nH]ccc2Cl)CC1. The number of aromatic nitrogens is 1. The molecule has 3 nitrogen and oxygen atoms in total. The zero-order valence-corrected chi connectivity index (χ0v) is 11.7. The maximum absolute atomic E-state index is 6.09. The highest BCUT2D eigenvalue weighted by atomic mass is 35.5. The van der Waals surface area contributed by atoms with E-state index in [2.05, 4.69) is 35.6 Å². The van der Waals surface area contributed by atoms with Crippen LogP contribution in [0.5, 0.6) is 0 Å². The largest absolute Gasteiger partial charge is 0.363 e. The zero-order valence-electron chi connectivity index (χ0n) is 11.0. The normalized spacial score (nSPS) is 19.8. The molecule has 0 radical (unpaired) electrons. The van der Waals surface area contributed by atoms with Crippen LogP contribution in [0.3, 0.4) is 0 Å². The number of piperazine rings is 1. The smallest absolute Gasteiger partial charge is 0.0626 e. The quantitative estimate of drug-likeness (QED) is 0.878. The Hall–Kier alpha value is -0.510. The number of hydrogen-bond acceptors (Lipinski definition) is 2. The maximum atomic E-state index is 6.09. The molecule has 1 fully saturated rings. The first kappa shape index (κ1) is 12.9. The van der Waals surface area contributed by atoms with Gasteiger partial charge in [-0.2, -0.15) is 0 Å². The van der Waals surface area contributed by atoms with Gasteiger partial charge in [0.15, 0.2) is 0 Å². The van der Waals surface area contributed by atoms with Crippen LogP contribution in [0, 0.1) is 0 Å². The van der Waals surface area contributed by atoms with Crippen molar-refractivity contribution in [1.82, 2.24) is 14.8 Å². The van der Waals surface area contributed by atoms with Gasteiger partial charge in [-0.05, 0) is 26.8 Å². The minimum absolute atomic E-state index is 0.288. The first-order valence-corrected chi connectivity index (χ1v) is 6.64. The summed E-state index contributed by atoms with van der Waals surface area (Å²) < 4.78 is 0. The van der Waals surface area contributed by atoms with Crippen molar-refractivity contribution in [2.75, 3.05) is 26.2 Å². The molecule has 0 amide bonds. The van der Waals surface area contributed by atoms with Crippen molar-refractivity contribution in [2.45, 2.75) is 32.9 Å². The van der Waals surface area contributed by atoms with Gasteiger partial charge in [-0.15, -0.1) is 0 Å². The Balaban J connectivity index is 1.86. The fraction of sp³-hybridized carbons (Fsp3) is 0.692. The highest BCUT2D eigenvalue weighted by Crippen LogP contribution is 2.19. The molecule has 0 atom stereocenters. The summed E-state index contributed by atoms with van der Waals surface area (Å²) in [5.74, 6) is 0. The fourth-order valence-corrected chi connectivity index (χ4v) is 2.48. The van der Waals surface area contributed by atoms with E-state index in [9.17, 15) is 0 Å². The number of H-pyrrole nitrogens is 1. The molecule has 1 aliphatic rings. The van der Waals surface area contributed by atoms with Crippen molar-refractivity contribution in [2.24, 2.45) is 0 Å². The summed E-state index contributed by atoms with van der Waals surface area (Å²) >= 11 is 6.09. The lowest BCUT2D eigenvalue weighted by Gasteiger charge is -2.42. The van der Waals surface area contributed by atoms with Gasteiger partial charge in [0.2, 0.25) is 0 Å². The van der Waals surface area contributed by atoms with Crippen LogP contribution in [0.25, 0.3) is 0 Å². The topological polar surface area (TPSA) is 22.3 Å². The molecule has 4 heteroatoms. The van der Waals surface area contributed by atoms with E-state index in [1.54, 1.807) is 0 Å². The second kappa shape index (κ2) is 5.01. The highest BCUT2D eigenvalue weighted by Gasteiger charge is 2.25. The Bertz CT molecular complexity index is 359. The van der Waals surface area contributed by atoms with Crippen molar-refractivity contribution in [3.05, 3.63) is 23.0 Å². The van der Waals surface area contributed by atoms with Crippen molar-refractivity contribution in [1.29, 1.82) is 0 Å². The second-order valence-electron chi connectivity index (χ2n) is 5.74. The summed E-state index contributed by atoms with van der Waals surface area (Å²) in [6.07, 6.45) is 1.91. The molecule has 1 aromatic heterocycles. The highest BCUT2D eigenvalue weighted by molar-refractivity contribution is 6.31. The van der Waals surface area contributed by atoms with E-state index in [1.165, 1.54) is 0 Å². The molecule has 0 spiro atoms. The van der Waals surface area contributed by atoms with Gasteiger partial charge in [0.25, 0.3) is 0 Å². The van der Waals surface area contributed by atoms with Crippen molar-refractivity contribution >= 4 is 11.6 Å². The monoisotopic (exact) mass is 255 g/mol. The van der Waals surface area contributed by atoms with Crippen LogP contribution < -0.4 is 0 Å². The Morgan fingerprint density at radius 2 is 1.88 bits per heavy atom. The standard InChI is InChI=1S/C13H22ClN3/c1-13(2,3)17-8-6-16(7-9-17)10-12-11(14)4-5-15-12/h4-5,15H,6-10H2,1-3H3. The van der Waals surface area contributed by atoms with Crippen LogP contribution in [-0.4, -0.2) is 46.5 Å². The van der Waals surface area contributed by atoms with Gasteiger partial charge in [0.05, 0.1) is 5.02 Å². The third-order valence-corrected chi connectivity index (χ3v) is 3.83. The average Bonchev–Trinajstić information content (AvgIpc) is 2.64. The van der Waals surface area contributed by atoms with Gasteiger partial charge < -0.3 is 4.98 Å². The molecule has 0 bridgehead atoms. The molecule has 0 unspecified atom stereocenters. The number of rotatable bonds is 2. The fourth-order valence-electron chi connectivity index (χ4n) is 2.31. The first-order chi connectivity index (χ1) is 7.97.